The normalized spacial score (nSPS) is 23.8. The molecule has 1 aromatic rings. The maximum Gasteiger partial charge on any atom is 0.116 e. The minimum absolute atomic E-state index is 0.0182. The third-order valence-corrected chi connectivity index (χ3v) is 4.03. The average molecular weight is 218 g/mol. The quantitative estimate of drug-likeness (QED) is 0.787. The van der Waals surface area contributed by atoms with Gasteiger partial charge in [-0.25, -0.2) is 0 Å². The Morgan fingerprint density at radius 3 is 3.00 bits per heavy atom. The standard InChI is InChI=1S/C12H14N2S/c1-3-9-4-5-10-11(6-9)15-12(7-13)8(2)14-10/h4-6,8,12,14H,3H2,1-2H3. The molecule has 1 heterocycles. The van der Waals surface area contributed by atoms with Gasteiger partial charge in [0.1, 0.15) is 5.25 Å². The van der Waals surface area contributed by atoms with Gasteiger partial charge >= 0.3 is 0 Å². The first kappa shape index (κ1) is 10.4. The summed E-state index contributed by atoms with van der Waals surface area (Å²) in [6.07, 6.45) is 1.04. The first-order valence-corrected chi connectivity index (χ1v) is 6.08. The van der Waals surface area contributed by atoms with Crippen LogP contribution >= 0.6 is 11.8 Å². The highest BCUT2D eigenvalue weighted by molar-refractivity contribution is 8.00. The van der Waals surface area contributed by atoms with Crippen LogP contribution in [0.4, 0.5) is 5.69 Å². The smallest absolute Gasteiger partial charge is 0.116 e. The maximum atomic E-state index is 9.00. The van der Waals surface area contributed by atoms with E-state index in [-0.39, 0.29) is 11.3 Å². The number of hydrogen-bond acceptors (Lipinski definition) is 3. The van der Waals surface area contributed by atoms with Crippen LogP contribution in [-0.2, 0) is 6.42 Å². The summed E-state index contributed by atoms with van der Waals surface area (Å²) in [6, 6.07) is 9.00. The summed E-state index contributed by atoms with van der Waals surface area (Å²) in [5, 5.41) is 12.4. The molecule has 78 valence electrons. The number of hydrogen-bond donors (Lipinski definition) is 1. The lowest BCUT2D eigenvalue weighted by Crippen LogP contribution is -2.30. The molecule has 0 spiro atoms. The first-order chi connectivity index (χ1) is 7.24. The van der Waals surface area contributed by atoms with Crippen molar-refractivity contribution >= 4 is 17.4 Å². The summed E-state index contributed by atoms with van der Waals surface area (Å²) < 4.78 is 0. The Balaban J connectivity index is 2.34. The van der Waals surface area contributed by atoms with Crippen LogP contribution in [0.15, 0.2) is 23.1 Å². The molecule has 3 heteroatoms. The van der Waals surface area contributed by atoms with Gasteiger partial charge in [0.15, 0.2) is 0 Å². The number of rotatable bonds is 1. The molecule has 0 aliphatic carbocycles. The molecule has 1 aliphatic heterocycles. The highest BCUT2D eigenvalue weighted by Crippen LogP contribution is 2.38. The molecule has 0 bridgehead atoms. The third-order valence-electron chi connectivity index (χ3n) is 2.67. The number of aryl methyl sites for hydroxylation is 1. The van der Waals surface area contributed by atoms with Gasteiger partial charge in [-0.3, -0.25) is 0 Å². The number of nitrogens with zero attached hydrogens (tertiary/aromatic N) is 1. The lowest BCUT2D eigenvalue weighted by molar-refractivity contribution is 0.818. The Bertz CT molecular complexity index is 409. The van der Waals surface area contributed by atoms with Gasteiger partial charge in [-0.1, -0.05) is 13.0 Å². The van der Waals surface area contributed by atoms with Gasteiger partial charge in [0.25, 0.3) is 0 Å². The van der Waals surface area contributed by atoms with Crippen LogP contribution in [0.2, 0.25) is 0 Å². The summed E-state index contributed by atoms with van der Waals surface area (Å²) >= 11 is 1.67. The molecular weight excluding hydrogens is 204 g/mol. The molecule has 1 aromatic carbocycles. The van der Waals surface area contributed by atoms with E-state index in [9.17, 15) is 0 Å². The number of anilines is 1. The predicted octanol–water partition coefficient (Wildman–Crippen LogP) is 3.05. The fourth-order valence-corrected chi connectivity index (χ4v) is 2.77. The van der Waals surface area contributed by atoms with E-state index in [0.717, 1.165) is 12.1 Å². The van der Waals surface area contributed by atoms with Gasteiger partial charge in [-0.05, 0) is 31.0 Å². The zero-order valence-corrected chi connectivity index (χ0v) is 9.77. The van der Waals surface area contributed by atoms with Gasteiger partial charge in [0.05, 0.1) is 6.07 Å². The Labute approximate surface area is 94.7 Å². The van der Waals surface area contributed by atoms with Gasteiger partial charge < -0.3 is 5.32 Å². The van der Waals surface area contributed by atoms with Crippen molar-refractivity contribution in [1.29, 1.82) is 5.26 Å². The predicted molar refractivity (Wildman–Crippen MR) is 64.2 cm³/mol. The second kappa shape index (κ2) is 4.16. The molecule has 1 N–H and O–H groups in total. The maximum absolute atomic E-state index is 9.00. The SMILES string of the molecule is CCc1ccc2c(c1)SC(C#N)C(C)N2. The molecule has 0 saturated heterocycles. The minimum atomic E-state index is 0.0182. The summed E-state index contributed by atoms with van der Waals surface area (Å²) in [4.78, 5) is 1.21. The Kier molecular flexibility index (Phi) is 2.88. The summed E-state index contributed by atoms with van der Waals surface area (Å²) in [5.74, 6) is 0. The fourth-order valence-electron chi connectivity index (χ4n) is 1.70. The van der Waals surface area contributed by atoms with Crippen molar-refractivity contribution in [1.82, 2.24) is 0 Å². The number of nitriles is 1. The minimum Gasteiger partial charge on any atom is -0.379 e. The molecule has 0 fully saturated rings. The lowest BCUT2D eigenvalue weighted by atomic mass is 10.1. The van der Waals surface area contributed by atoms with Crippen molar-refractivity contribution in [3.05, 3.63) is 23.8 Å². The zero-order valence-electron chi connectivity index (χ0n) is 8.95. The molecule has 2 nitrogen and oxygen atoms in total. The molecule has 0 radical (unpaired) electrons. The molecule has 0 aromatic heterocycles. The Morgan fingerprint density at radius 1 is 1.53 bits per heavy atom. The molecule has 0 amide bonds. The largest absolute Gasteiger partial charge is 0.379 e. The lowest BCUT2D eigenvalue weighted by Gasteiger charge is -2.27. The van der Waals surface area contributed by atoms with Gasteiger partial charge in [-0.2, -0.15) is 5.26 Å². The molecule has 0 saturated carbocycles. The van der Waals surface area contributed by atoms with Crippen molar-refractivity contribution in [3.63, 3.8) is 0 Å². The number of benzene rings is 1. The zero-order chi connectivity index (χ0) is 10.8. The highest BCUT2D eigenvalue weighted by Gasteiger charge is 2.25. The van der Waals surface area contributed by atoms with Crippen molar-refractivity contribution in [2.45, 2.75) is 36.5 Å². The van der Waals surface area contributed by atoms with E-state index in [4.69, 9.17) is 5.26 Å². The second-order valence-electron chi connectivity index (χ2n) is 3.78. The van der Waals surface area contributed by atoms with E-state index in [2.05, 4.69) is 43.4 Å². The summed E-state index contributed by atoms with van der Waals surface area (Å²) in [5.41, 5.74) is 2.49. The molecular formula is C12H14N2S. The van der Waals surface area contributed by atoms with E-state index in [1.165, 1.54) is 10.5 Å². The number of nitrogens with one attached hydrogen (secondary N) is 1. The van der Waals surface area contributed by atoms with E-state index >= 15 is 0 Å². The second-order valence-corrected chi connectivity index (χ2v) is 4.97. The molecule has 1 aliphatic rings. The van der Waals surface area contributed by atoms with Crippen LogP contribution in [0.3, 0.4) is 0 Å². The monoisotopic (exact) mass is 218 g/mol. The summed E-state index contributed by atoms with van der Waals surface area (Å²) in [7, 11) is 0. The topological polar surface area (TPSA) is 35.8 Å². The highest BCUT2D eigenvalue weighted by atomic mass is 32.2. The van der Waals surface area contributed by atoms with Crippen molar-refractivity contribution in [3.8, 4) is 6.07 Å². The van der Waals surface area contributed by atoms with Crippen LogP contribution in [0.5, 0.6) is 0 Å². The first-order valence-electron chi connectivity index (χ1n) is 5.20. The van der Waals surface area contributed by atoms with Gasteiger partial charge in [0.2, 0.25) is 0 Å². The molecule has 2 atom stereocenters. The van der Waals surface area contributed by atoms with E-state index in [1.54, 1.807) is 11.8 Å². The van der Waals surface area contributed by atoms with Crippen LogP contribution in [0, 0.1) is 11.3 Å². The average Bonchev–Trinajstić information content (AvgIpc) is 2.27. The van der Waals surface area contributed by atoms with Crippen LogP contribution < -0.4 is 5.32 Å². The van der Waals surface area contributed by atoms with Crippen LogP contribution in [0.1, 0.15) is 19.4 Å². The van der Waals surface area contributed by atoms with Crippen molar-refractivity contribution in [2.24, 2.45) is 0 Å². The fraction of sp³-hybridized carbons (Fsp3) is 0.417. The molecule has 2 unspecified atom stereocenters. The Morgan fingerprint density at radius 2 is 2.33 bits per heavy atom. The number of thioether (sulfide) groups is 1. The summed E-state index contributed by atoms with van der Waals surface area (Å²) in [6.45, 7) is 4.20. The van der Waals surface area contributed by atoms with E-state index in [1.807, 2.05) is 0 Å². The van der Waals surface area contributed by atoms with Crippen molar-refractivity contribution in [2.75, 3.05) is 5.32 Å². The Hall–Kier alpha value is -1.14. The van der Waals surface area contributed by atoms with Crippen molar-refractivity contribution < 1.29 is 0 Å². The van der Waals surface area contributed by atoms with E-state index in [0.29, 0.717) is 0 Å². The third kappa shape index (κ3) is 1.95. The van der Waals surface area contributed by atoms with Gasteiger partial charge in [0, 0.05) is 16.6 Å². The van der Waals surface area contributed by atoms with Gasteiger partial charge in [-0.15, -0.1) is 11.8 Å². The number of fused-ring (bicyclic) bond motifs is 1. The van der Waals surface area contributed by atoms with E-state index < -0.39 is 0 Å². The van der Waals surface area contributed by atoms with Crippen LogP contribution in [0.25, 0.3) is 0 Å². The molecule has 15 heavy (non-hydrogen) atoms. The molecule has 2 rings (SSSR count). The van der Waals surface area contributed by atoms with Crippen LogP contribution in [-0.4, -0.2) is 11.3 Å².